The number of hydrogen-bond donors (Lipinski definition) is 1. The third-order valence-electron chi connectivity index (χ3n) is 4.82. The van der Waals surface area contributed by atoms with Gasteiger partial charge in [0.2, 0.25) is 0 Å². The maximum atomic E-state index is 12.8. The van der Waals surface area contributed by atoms with Gasteiger partial charge in [-0.3, -0.25) is 9.69 Å². The lowest BCUT2D eigenvalue weighted by Crippen LogP contribution is -2.53. The van der Waals surface area contributed by atoms with Crippen LogP contribution < -0.4 is 0 Å². The van der Waals surface area contributed by atoms with Crippen LogP contribution in [0.5, 0.6) is 0 Å². The molecule has 6 nitrogen and oxygen atoms in total. The molecule has 22 heavy (non-hydrogen) atoms. The van der Waals surface area contributed by atoms with Gasteiger partial charge in [-0.1, -0.05) is 6.42 Å². The number of fused-ring (bicyclic) bond motifs is 1. The number of nitrogens with zero attached hydrogens (tertiary/aromatic N) is 4. The van der Waals surface area contributed by atoms with Crippen LogP contribution in [-0.2, 0) is 0 Å². The van der Waals surface area contributed by atoms with E-state index < -0.39 is 0 Å². The van der Waals surface area contributed by atoms with Crippen molar-refractivity contribution in [2.24, 2.45) is 0 Å². The fourth-order valence-corrected chi connectivity index (χ4v) is 3.77. The van der Waals surface area contributed by atoms with E-state index in [1.807, 2.05) is 4.90 Å². The molecule has 1 saturated heterocycles. The van der Waals surface area contributed by atoms with E-state index in [0.29, 0.717) is 11.3 Å². The zero-order valence-corrected chi connectivity index (χ0v) is 13.8. The molecule has 2 aromatic heterocycles. The third kappa shape index (κ3) is 2.32. The molecule has 2 aliphatic rings. The highest BCUT2D eigenvalue weighted by molar-refractivity contribution is 9.10. The number of carbonyl (C=O) groups is 1. The molecule has 3 heterocycles. The second-order valence-corrected chi connectivity index (χ2v) is 6.85. The molecule has 2 aromatic rings. The molecule has 1 aliphatic heterocycles. The summed E-state index contributed by atoms with van der Waals surface area (Å²) < 4.78 is 0.833. The first-order valence-corrected chi connectivity index (χ1v) is 8.54. The Morgan fingerprint density at radius 3 is 2.68 bits per heavy atom. The summed E-state index contributed by atoms with van der Waals surface area (Å²) in [5.41, 5.74) is 1.17. The van der Waals surface area contributed by atoms with Crippen molar-refractivity contribution in [3.63, 3.8) is 0 Å². The van der Waals surface area contributed by atoms with Crippen molar-refractivity contribution in [1.29, 1.82) is 0 Å². The molecule has 0 bridgehead atoms. The summed E-state index contributed by atoms with van der Waals surface area (Å²) in [6.07, 6.45) is 7.23. The largest absolute Gasteiger partial charge is 0.345 e. The zero-order chi connectivity index (χ0) is 15.1. The number of aromatic nitrogens is 3. The maximum absolute atomic E-state index is 12.8. The molecule has 0 aromatic carbocycles. The van der Waals surface area contributed by atoms with Crippen LogP contribution in [0.15, 0.2) is 17.0 Å². The van der Waals surface area contributed by atoms with E-state index >= 15 is 0 Å². The second-order valence-electron chi connectivity index (χ2n) is 6.00. The van der Waals surface area contributed by atoms with Gasteiger partial charge < -0.3 is 9.88 Å². The highest BCUT2D eigenvalue weighted by Crippen LogP contribution is 2.27. The molecular formula is C15H18BrN5O. The molecule has 0 spiro atoms. The van der Waals surface area contributed by atoms with E-state index in [0.717, 1.165) is 42.1 Å². The molecule has 0 atom stereocenters. The van der Waals surface area contributed by atoms with Crippen molar-refractivity contribution in [3.05, 3.63) is 22.7 Å². The summed E-state index contributed by atoms with van der Waals surface area (Å²) >= 11 is 3.47. The first-order chi connectivity index (χ1) is 10.7. The number of hydrogen-bond acceptors (Lipinski definition) is 4. The number of nitrogens with one attached hydrogen (secondary N) is 1. The molecule has 1 N–H and O–H groups in total. The number of aromatic amines is 1. The molecule has 7 heteroatoms. The molecule has 0 radical (unpaired) electrons. The van der Waals surface area contributed by atoms with E-state index in [-0.39, 0.29) is 5.91 Å². The summed E-state index contributed by atoms with van der Waals surface area (Å²) in [7, 11) is 0. The first-order valence-electron chi connectivity index (χ1n) is 7.75. The molecule has 1 aliphatic carbocycles. The minimum atomic E-state index is 0.000888. The summed E-state index contributed by atoms with van der Waals surface area (Å²) in [4.78, 5) is 28.7. The van der Waals surface area contributed by atoms with E-state index in [1.54, 1.807) is 6.20 Å². The summed E-state index contributed by atoms with van der Waals surface area (Å²) in [6.45, 7) is 3.50. The normalized spacial score (nSPS) is 20.3. The van der Waals surface area contributed by atoms with Crippen LogP contribution in [0.4, 0.5) is 0 Å². The lowest BCUT2D eigenvalue weighted by Gasteiger charge is -2.42. The molecule has 1 saturated carbocycles. The van der Waals surface area contributed by atoms with E-state index in [9.17, 15) is 4.79 Å². The summed E-state index contributed by atoms with van der Waals surface area (Å²) in [5, 5.41) is 0.772. The molecule has 2 fully saturated rings. The number of amides is 1. The summed E-state index contributed by atoms with van der Waals surface area (Å²) in [6, 6.07) is 0.752. The minimum Gasteiger partial charge on any atom is -0.345 e. The van der Waals surface area contributed by atoms with Gasteiger partial charge in [0.1, 0.15) is 17.7 Å². The Morgan fingerprint density at radius 2 is 2.00 bits per heavy atom. The lowest BCUT2D eigenvalue weighted by molar-refractivity contribution is 0.0452. The second kappa shape index (κ2) is 5.62. The Bertz CT molecular complexity index is 703. The molecule has 116 valence electrons. The van der Waals surface area contributed by atoms with E-state index in [2.05, 4.69) is 35.8 Å². The van der Waals surface area contributed by atoms with Crippen molar-refractivity contribution in [2.45, 2.75) is 25.3 Å². The van der Waals surface area contributed by atoms with Gasteiger partial charge >= 0.3 is 0 Å². The SMILES string of the molecule is O=C(c1ncnc2[nH]cc(Br)c12)N1CCN(C2CCC2)CC1. The van der Waals surface area contributed by atoms with E-state index in [4.69, 9.17) is 0 Å². The smallest absolute Gasteiger partial charge is 0.273 e. The number of rotatable bonds is 2. The Morgan fingerprint density at radius 1 is 1.23 bits per heavy atom. The summed E-state index contributed by atoms with van der Waals surface area (Å²) in [5.74, 6) is 0.000888. The predicted molar refractivity (Wildman–Crippen MR) is 86.7 cm³/mol. The van der Waals surface area contributed by atoms with Gasteiger partial charge in [-0.2, -0.15) is 0 Å². The van der Waals surface area contributed by atoms with Crippen LogP contribution in [-0.4, -0.2) is 62.9 Å². The highest BCUT2D eigenvalue weighted by Gasteiger charge is 2.30. The number of piperazine rings is 1. The van der Waals surface area contributed by atoms with Crippen LogP contribution >= 0.6 is 15.9 Å². The van der Waals surface area contributed by atoms with Gasteiger partial charge in [0.05, 0.1) is 5.39 Å². The van der Waals surface area contributed by atoms with Crippen LogP contribution in [0.3, 0.4) is 0 Å². The molecule has 0 unspecified atom stereocenters. The Hall–Kier alpha value is -1.47. The fraction of sp³-hybridized carbons (Fsp3) is 0.533. The number of halogens is 1. The topological polar surface area (TPSA) is 65.1 Å². The molecule has 1 amide bonds. The van der Waals surface area contributed by atoms with Gasteiger partial charge in [0.15, 0.2) is 0 Å². The van der Waals surface area contributed by atoms with Crippen LogP contribution in [0.25, 0.3) is 11.0 Å². The standard InChI is InChI=1S/C15H18BrN5O/c16-11-8-17-14-12(11)13(18-9-19-14)15(22)21-6-4-20(5-7-21)10-2-1-3-10/h8-10H,1-7H2,(H,17,18,19). The monoisotopic (exact) mass is 363 g/mol. The van der Waals surface area contributed by atoms with Crippen LogP contribution in [0, 0.1) is 0 Å². The average Bonchev–Trinajstić information content (AvgIpc) is 2.87. The zero-order valence-electron chi connectivity index (χ0n) is 12.3. The Balaban J connectivity index is 1.53. The van der Waals surface area contributed by atoms with Crippen molar-refractivity contribution < 1.29 is 4.79 Å². The lowest BCUT2D eigenvalue weighted by atomic mass is 9.91. The average molecular weight is 364 g/mol. The first kappa shape index (κ1) is 14.1. The number of carbonyl (C=O) groups excluding carboxylic acids is 1. The molecule has 4 rings (SSSR count). The van der Waals surface area contributed by atoms with Gasteiger partial charge in [0, 0.05) is 42.9 Å². The molecular weight excluding hydrogens is 346 g/mol. The fourth-order valence-electron chi connectivity index (χ4n) is 3.28. The Labute approximate surface area is 137 Å². The van der Waals surface area contributed by atoms with E-state index in [1.165, 1.54) is 25.6 Å². The van der Waals surface area contributed by atoms with Crippen LogP contribution in [0.2, 0.25) is 0 Å². The number of H-pyrrole nitrogens is 1. The van der Waals surface area contributed by atoms with Gasteiger partial charge in [-0.25, -0.2) is 9.97 Å². The van der Waals surface area contributed by atoms with Crippen molar-refractivity contribution in [1.82, 2.24) is 24.8 Å². The quantitative estimate of drug-likeness (QED) is 0.886. The van der Waals surface area contributed by atoms with Gasteiger partial charge in [0.25, 0.3) is 5.91 Å². The van der Waals surface area contributed by atoms with Crippen molar-refractivity contribution in [2.75, 3.05) is 26.2 Å². The third-order valence-corrected chi connectivity index (χ3v) is 5.44. The van der Waals surface area contributed by atoms with Gasteiger partial charge in [-0.05, 0) is 28.8 Å². The predicted octanol–water partition coefficient (Wildman–Crippen LogP) is 2.03. The maximum Gasteiger partial charge on any atom is 0.273 e. The highest BCUT2D eigenvalue weighted by atomic mass is 79.9. The van der Waals surface area contributed by atoms with Crippen LogP contribution in [0.1, 0.15) is 29.8 Å². The van der Waals surface area contributed by atoms with Crippen molar-refractivity contribution >= 4 is 32.9 Å². The minimum absolute atomic E-state index is 0.000888. The Kier molecular flexibility index (Phi) is 3.62. The van der Waals surface area contributed by atoms with Crippen molar-refractivity contribution in [3.8, 4) is 0 Å². The van der Waals surface area contributed by atoms with Gasteiger partial charge in [-0.15, -0.1) is 0 Å².